The summed E-state index contributed by atoms with van der Waals surface area (Å²) in [5.74, 6) is 0.894. The number of hydrogen-bond donors (Lipinski definition) is 0. The van der Waals surface area contributed by atoms with Crippen LogP contribution in [0.25, 0.3) is 0 Å². The summed E-state index contributed by atoms with van der Waals surface area (Å²) in [6.45, 7) is 9.54. The van der Waals surface area contributed by atoms with E-state index in [1.54, 1.807) is 7.05 Å². The highest BCUT2D eigenvalue weighted by molar-refractivity contribution is 6.07. The molecule has 0 unspecified atom stereocenters. The van der Waals surface area contributed by atoms with Crippen molar-refractivity contribution in [3.63, 3.8) is 0 Å². The fourth-order valence-corrected chi connectivity index (χ4v) is 2.13. The van der Waals surface area contributed by atoms with E-state index in [0.29, 0.717) is 5.41 Å². The van der Waals surface area contributed by atoms with Gasteiger partial charge in [0, 0.05) is 12.8 Å². The first-order valence-electron chi connectivity index (χ1n) is 6.20. The Kier molecular flexibility index (Phi) is 4.63. The van der Waals surface area contributed by atoms with Crippen LogP contribution in [-0.2, 0) is 0 Å². The van der Waals surface area contributed by atoms with Crippen molar-refractivity contribution < 1.29 is 0 Å². The van der Waals surface area contributed by atoms with Crippen LogP contribution in [-0.4, -0.2) is 44.1 Å². The van der Waals surface area contributed by atoms with Gasteiger partial charge in [-0.1, -0.05) is 20.4 Å². The van der Waals surface area contributed by atoms with Crippen LogP contribution in [0.3, 0.4) is 0 Å². The van der Waals surface area contributed by atoms with Gasteiger partial charge in [-0.15, -0.1) is 0 Å². The maximum atomic E-state index is 4.67. The van der Waals surface area contributed by atoms with Gasteiger partial charge in [0.05, 0.1) is 6.54 Å². The molecule has 0 atom stereocenters. The average molecular weight is 235 g/mol. The van der Waals surface area contributed by atoms with E-state index in [4.69, 9.17) is 0 Å². The number of rotatable bonds is 2. The molecule has 0 heterocycles. The Balaban J connectivity index is 2.76. The van der Waals surface area contributed by atoms with Crippen molar-refractivity contribution >= 4 is 11.5 Å². The average Bonchev–Trinajstić information content (AvgIpc) is 2.19. The van der Waals surface area contributed by atoms with Crippen LogP contribution in [0.15, 0.2) is 22.1 Å². The van der Waals surface area contributed by atoms with Crippen LogP contribution >= 0.6 is 0 Å². The zero-order chi connectivity index (χ0) is 13.1. The predicted octanol–water partition coefficient (Wildman–Crippen LogP) is 2.78. The molecule has 0 radical (unpaired) electrons. The van der Waals surface area contributed by atoms with Gasteiger partial charge in [-0.25, -0.2) is 4.99 Å². The number of hydrogen-bond acceptors (Lipinski definition) is 2. The molecule has 96 valence electrons. The number of amidine groups is 1. The summed E-state index contributed by atoms with van der Waals surface area (Å²) in [7, 11) is 5.87. The lowest BCUT2D eigenvalue weighted by Crippen LogP contribution is -2.26. The minimum Gasteiger partial charge on any atom is -0.302 e. The molecular formula is C14H25N3. The quantitative estimate of drug-likeness (QED) is 0.534. The smallest absolute Gasteiger partial charge is 0.137 e. The van der Waals surface area contributed by atoms with Gasteiger partial charge < -0.3 is 4.90 Å². The van der Waals surface area contributed by atoms with E-state index < -0.39 is 0 Å². The second-order valence-corrected chi connectivity index (χ2v) is 5.88. The Hall–Kier alpha value is -0.960. The van der Waals surface area contributed by atoms with Crippen LogP contribution in [0.4, 0.5) is 0 Å². The molecule has 0 aromatic carbocycles. The second-order valence-electron chi connectivity index (χ2n) is 5.88. The second kappa shape index (κ2) is 5.58. The highest BCUT2D eigenvalue weighted by Crippen LogP contribution is 2.36. The van der Waals surface area contributed by atoms with E-state index in [-0.39, 0.29) is 0 Å². The summed E-state index contributed by atoms with van der Waals surface area (Å²) >= 11 is 0. The largest absolute Gasteiger partial charge is 0.302 e. The molecule has 3 heteroatoms. The van der Waals surface area contributed by atoms with Crippen molar-refractivity contribution in [3.8, 4) is 0 Å². The van der Waals surface area contributed by atoms with Crippen LogP contribution in [0.2, 0.25) is 0 Å². The van der Waals surface area contributed by atoms with Crippen molar-refractivity contribution in [1.82, 2.24) is 4.90 Å². The fourth-order valence-electron chi connectivity index (χ4n) is 2.13. The third kappa shape index (κ3) is 4.43. The summed E-state index contributed by atoms with van der Waals surface area (Å²) in [5.41, 5.74) is 2.70. The zero-order valence-electron chi connectivity index (χ0n) is 11.9. The molecule has 0 bridgehead atoms. The van der Waals surface area contributed by atoms with E-state index in [9.17, 15) is 0 Å². The third-order valence-electron chi connectivity index (χ3n) is 3.12. The summed E-state index contributed by atoms with van der Waals surface area (Å²) in [5, 5.41) is 0. The van der Waals surface area contributed by atoms with Crippen molar-refractivity contribution in [1.29, 1.82) is 0 Å². The summed E-state index contributed by atoms with van der Waals surface area (Å²) in [6, 6.07) is 0. The molecule has 1 saturated carbocycles. The van der Waals surface area contributed by atoms with Crippen LogP contribution < -0.4 is 0 Å². The van der Waals surface area contributed by atoms with Crippen molar-refractivity contribution in [3.05, 3.63) is 12.2 Å². The molecule has 0 aromatic heterocycles. The summed E-state index contributed by atoms with van der Waals surface area (Å²) < 4.78 is 0. The van der Waals surface area contributed by atoms with Crippen LogP contribution in [0.1, 0.15) is 33.1 Å². The SMILES string of the molecule is C=C1CC(C)(C)CCC1=NC(CN(C)C)=NC. The topological polar surface area (TPSA) is 28.0 Å². The van der Waals surface area contributed by atoms with E-state index in [2.05, 4.69) is 35.3 Å². The Morgan fingerprint density at radius 2 is 2.06 bits per heavy atom. The molecule has 0 amide bonds. The van der Waals surface area contributed by atoms with Crippen LogP contribution in [0, 0.1) is 5.41 Å². The Labute approximate surface area is 105 Å². The minimum absolute atomic E-state index is 0.376. The van der Waals surface area contributed by atoms with E-state index in [1.807, 2.05) is 14.1 Å². The number of nitrogens with zero attached hydrogens (tertiary/aromatic N) is 3. The Morgan fingerprint density at radius 1 is 1.41 bits per heavy atom. The molecule has 1 aliphatic rings. The van der Waals surface area contributed by atoms with Gasteiger partial charge in [0.25, 0.3) is 0 Å². The maximum absolute atomic E-state index is 4.67. The zero-order valence-corrected chi connectivity index (χ0v) is 11.9. The molecule has 0 aliphatic heterocycles. The first-order chi connectivity index (χ1) is 7.84. The van der Waals surface area contributed by atoms with Gasteiger partial charge in [-0.05, 0) is 44.3 Å². The third-order valence-corrected chi connectivity index (χ3v) is 3.12. The number of aliphatic imine (C=N–C) groups is 2. The lowest BCUT2D eigenvalue weighted by atomic mass is 9.74. The summed E-state index contributed by atoms with van der Waals surface area (Å²) in [6.07, 6.45) is 3.26. The molecule has 1 rings (SSSR count). The normalized spacial score (nSPS) is 23.5. The first kappa shape index (κ1) is 14.1. The molecular weight excluding hydrogens is 210 g/mol. The molecule has 0 aromatic rings. The van der Waals surface area contributed by atoms with Gasteiger partial charge in [-0.2, -0.15) is 0 Å². The molecule has 17 heavy (non-hydrogen) atoms. The van der Waals surface area contributed by atoms with E-state index >= 15 is 0 Å². The minimum atomic E-state index is 0.376. The van der Waals surface area contributed by atoms with Crippen LogP contribution in [0.5, 0.6) is 0 Å². The molecule has 0 spiro atoms. The number of likely N-dealkylation sites (N-methyl/N-ethyl adjacent to an activating group) is 1. The van der Waals surface area contributed by atoms with Gasteiger partial charge in [0.2, 0.25) is 0 Å². The van der Waals surface area contributed by atoms with E-state index in [0.717, 1.165) is 30.9 Å². The molecule has 1 fully saturated rings. The van der Waals surface area contributed by atoms with Crippen molar-refractivity contribution in [2.24, 2.45) is 15.4 Å². The highest BCUT2D eigenvalue weighted by atomic mass is 15.1. The Bertz CT molecular complexity index is 348. The van der Waals surface area contributed by atoms with Gasteiger partial charge >= 0.3 is 0 Å². The van der Waals surface area contributed by atoms with Crippen molar-refractivity contribution in [2.75, 3.05) is 27.7 Å². The molecule has 3 nitrogen and oxygen atoms in total. The highest BCUT2D eigenvalue weighted by Gasteiger charge is 2.27. The lowest BCUT2D eigenvalue weighted by molar-refractivity contribution is 0.330. The molecule has 0 saturated heterocycles. The summed E-state index contributed by atoms with van der Waals surface area (Å²) in [4.78, 5) is 11.0. The lowest BCUT2D eigenvalue weighted by Gasteiger charge is -2.31. The van der Waals surface area contributed by atoms with Crippen molar-refractivity contribution in [2.45, 2.75) is 33.1 Å². The first-order valence-corrected chi connectivity index (χ1v) is 6.20. The van der Waals surface area contributed by atoms with E-state index in [1.165, 1.54) is 12.0 Å². The fraction of sp³-hybridized carbons (Fsp3) is 0.714. The molecule has 0 N–H and O–H groups in total. The maximum Gasteiger partial charge on any atom is 0.137 e. The predicted molar refractivity (Wildman–Crippen MR) is 76.1 cm³/mol. The number of allylic oxidation sites excluding steroid dienone is 1. The monoisotopic (exact) mass is 235 g/mol. The van der Waals surface area contributed by atoms with Gasteiger partial charge in [0.15, 0.2) is 0 Å². The van der Waals surface area contributed by atoms with Gasteiger partial charge in [-0.3, -0.25) is 4.99 Å². The standard InChI is InChI=1S/C14H25N3/c1-11-9-14(2,3)8-7-12(11)16-13(15-4)10-17(5)6/h1,7-10H2,2-6H3. The molecule has 1 aliphatic carbocycles. The van der Waals surface area contributed by atoms with Gasteiger partial charge in [0.1, 0.15) is 5.84 Å². The Morgan fingerprint density at radius 3 is 2.53 bits per heavy atom.